The lowest BCUT2D eigenvalue weighted by Gasteiger charge is -2.22. The molecule has 1 unspecified atom stereocenters. The summed E-state index contributed by atoms with van der Waals surface area (Å²) in [7, 11) is 1.89. The van der Waals surface area contributed by atoms with Gasteiger partial charge in [-0.15, -0.1) is 0 Å². The molecule has 0 radical (unpaired) electrons. The van der Waals surface area contributed by atoms with Crippen LogP contribution < -0.4 is 14.8 Å². The predicted molar refractivity (Wildman–Crippen MR) is 139 cm³/mol. The number of anilines is 2. The van der Waals surface area contributed by atoms with Gasteiger partial charge < -0.3 is 19.5 Å². The number of nitrogens with one attached hydrogen (secondary N) is 1. The molecule has 1 aliphatic heterocycles. The molecule has 0 amide bonds. The average Bonchev–Trinajstić information content (AvgIpc) is 3.57. The van der Waals surface area contributed by atoms with Crippen molar-refractivity contribution in [2.75, 3.05) is 38.7 Å². The quantitative estimate of drug-likeness (QED) is 0.352. The van der Waals surface area contributed by atoms with Crippen LogP contribution in [0.1, 0.15) is 32.1 Å². The van der Waals surface area contributed by atoms with Crippen molar-refractivity contribution in [1.29, 1.82) is 0 Å². The van der Waals surface area contributed by atoms with E-state index < -0.39 is 5.82 Å². The maximum Gasteiger partial charge on any atom is 0.323 e. The van der Waals surface area contributed by atoms with E-state index in [4.69, 9.17) is 25.8 Å². The molecule has 196 valence electrons. The molecule has 1 aliphatic carbocycles. The number of ether oxygens (including phenoxy) is 3. The number of likely N-dealkylation sites (N-methyl/N-ethyl adjacent to an activating group) is 1. The highest BCUT2D eigenvalue weighted by atomic mass is 35.5. The lowest BCUT2D eigenvalue weighted by atomic mass is 10.1. The maximum atomic E-state index is 13.6. The van der Waals surface area contributed by atoms with Gasteiger partial charge in [-0.05, 0) is 50.1 Å². The first-order valence-corrected chi connectivity index (χ1v) is 13.0. The van der Waals surface area contributed by atoms with E-state index in [2.05, 4.69) is 15.3 Å². The molecule has 3 aromatic rings. The van der Waals surface area contributed by atoms with Crippen LogP contribution in [0, 0.1) is 11.7 Å². The molecular formula is C27H30ClFN4O4. The fourth-order valence-corrected chi connectivity index (χ4v) is 5.01. The Hall–Kier alpha value is -3.17. The van der Waals surface area contributed by atoms with Gasteiger partial charge in [-0.3, -0.25) is 9.69 Å². The van der Waals surface area contributed by atoms with E-state index in [1.54, 1.807) is 6.07 Å². The Labute approximate surface area is 220 Å². The number of rotatable bonds is 10. The summed E-state index contributed by atoms with van der Waals surface area (Å²) >= 11 is 5.95. The number of cyclic esters (lactones) is 1. The van der Waals surface area contributed by atoms with Crippen molar-refractivity contribution in [2.24, 2.45) is 5.92 Å². The van der Waals surface area contributed by atoms with Gasteiger partial charge in [0.05, 0.1) is 23.8 Å². The van der Waals surface area contributed by atoms with Gasteiger partial charge in [0, 0.05) is 30.1 Å². The molecular weight excluding hydrogens is 499 g/mol. The summed E-state index contributed by atoms with van der Waals surface area (Å²) in [5.41, 5.74) is 1.27. The molecule has 0 spiro atoms. The molecule has 1 saturated heterocycles. The third-order valence-corrected chi connectivity index (χ3v) is 7.26. The normalized spacial score (nSPS) is 17.9. The van der Waals surface area contributed by atoms with Crippen LogP contribution in [-0.2, 0) is 9.53 Å². The second kappa shape index (κ2) is 11.5. The smallest absolute Gasteiger partial charge is 0.323 e. The minimum Gasteiger partial charge on any atom is -0.489 e. The van der Waals surface area contributed by atoms with E-state index in [9.17, 15) is 9.18 Å². The number of benzene rings is 2. The summed E-state index contributed by atoms with van der Waals surface area (Å²) in [6, 6.07) is 7.90. The molecule has 2 fully saturated rings. The van der Waals surface area contributed by atoms with Crippen LogP contribution in [0.15, 0.2) is 36.7 Å². The van der Waals surface area contributed by atoms with E-state index >= 15 is 0 Å². The lowest BCUT2D eigenvalue weighted by Crippen LogP contribution is -2.37. The van der Waals surface area contributed by atoms with E-state index in [-0.39, 0.29) is 17.0 Å². The minimum absolute atomic E-state index is 0.0236. The summed E-state index contributed by atoms with van der Waals surface area (Å²) in [5.74, 6) is 1.59. The third kappa shape index (κ3) is 6.05. The fraction of sp³-hybridized carbons (Fsp3) is 0.444. The molecule has 37 heavy (non-hydrogen) atoms. The van der Waals surface area contributed by atoms with E-state index in [1.807, 2.05) is 24.1 Å². The second-order valence-corrected chi connectivity index (χ2v) is 9.96. The molecule has 1 saturated carbocycles. The molecule has 8 nitrogen and oxygen atoms in total. The summed E-state index contributed by atoms with van der Waals surface area (Å²) in [6.07, 6.45) is 6.92. The number of hydrogen-bond acceptors (Lipinski definition) is 8. The van der Waals surface area contributed by atoms with Crippen molar-refractivity contribution in [3.8, 4) is 11.5 Å². The first-order chi connectivity index (χ1) is 18.0. The Morgan fingerprint density at radius 2 is 1.95 bits per heavy atom. The Kier molecular flexibility index (Phi) is 7.90. The number of fused-ring (bicyclic) bond motifs is 1. The molecule has 0 bridgehead atoms. The van der Waals surface area contributed by atoms with Gasteiger partial charge in [-0.25, -0.2) is 14.4 Å². The zero-order valence-electron chi connectivity index (χ0n) is 20.7. The van der Waals surface area contributed by atoms with Gasteiger partial charge in [0.2, 0.25) is 0 Å². The number of carbonyl (C=O) groups excluding carboxylic acids is 1. The van der Waals surface area contributed by atoms with Crippen LogP contribution in [0.3, 0.4) is 0 Å². The zero-order valence-corrected chi connectivity index (χ0v) is 21.5. The van der Waals surface area contributed by atoms with Crippen LogP contribution in [0.4, 0.5) is 15.9 Å². The number of nitrogens with zero attached hydrogens (tertiary/aromatic N) is 3. The molecule has 1 aromatic heterocycles. The molecule has 1 atom stereocenters. The van der Waals surface area contributed by atoms with Gasteiger partial charge in [-0.1, -0.05) is 24.4 Å². The molecule has 2 aliphatic rings. The zero-order chi connectivity index (χ0) is 25.8. The van der Waals surface area contributed by atoms with Crippen molar-refractivity contribution in [2.45, 2.75) is 38.1 Å². The summed E-state index contributed by atoms with van der Waals surface area (Å²) < 4.78 is 31.1. The van der Waals surface area contributed by atoms with Crippen molar-refractivity contribution < 1.29 is 23.4 Å². The molecule has 2 heterocycles. The lowest BCUT2D eigenvalue weighted by molar-refractivity contribution is -0.142. The first kappa shape index (κ1) is 25.5. The summed E-state index contributed by atoms with van der Waals surface area (Å²) in [4.78, 5) is 22.7. The van der Waals surface area contributed by atoms with Crippen LogP contribution in [0.5, 0.6) is 11.5 Å². The number of esters is 1. The van der Waals surface area contributed by atoms with E-state index in [1.165, 1.54) is 31.3 Å². The Balaban J connectivity index is 1.37. The summed E-state index contributed by atoms with van der Waals surface area (Å²) in [6.45, 7) is 2.00. The van der Waals surface area contributed by atoms with Crippen molar-refractivity contribution >= 4 is 40.0 Å². The van der Waals surface area contributed by atoms with Crippen LogP contribution in [0.2, 0.25) is 5.02 Å². The first-order valence-electron chi connectivity index (χ1n) is 12.6. The van der Waals surface area contributed by atoms with Crippen LogP contribution in [-0.4, -0.2) is 60.3 Å². The van der Waals surface area contributed by atoms with Gasteiger partial charge in [-0.2, -0.15) is 0 Å². The van der Waals surface area contributed by atoms with Crippen molar-refractivity contribution in [1.82, 2.24) is 14.9 Å². The van der Waals surface area contributed by atoms with Gasteiger partial charge >= 0.3 is 5.97 Å². The fourth-order valence-electron chi connectivity index (χ4n) is 4.83. The number of hydrogen-bond donors (Lipinski definition) is 1. The van der Waals surface area contributed by atoms with E-state index in [0.717, 1.165) is 18.2 Å². The van der Waals surface area contributed by atoms with E-state index in [0.29, 0.717) is 67.2 Å². The Morgan fingerprint density at radius 3 is 2.70 bits per heavy atom. The Bertz CT molecular complexity index is 1270. The highest BCUT2D eigenvalue weighted by Gasteiger charge is 2.30. The SMILES string of the molecule is CN(CCOc1cc2ncnc(Nc3ccc(F)c(Cl)c3)c2cc1OCC1CCCC1)C1CCOC1=O. The highest BCUT2D eigenvalue weighted by molar-refractivity contribution is 6.31. The highest BCUT2D eigenvalue weighted by Crippen LogP contribution is 2.36. The molecule has 1 N–H and O–H groups in total. The van der Waals surface area contributed by atoms with Gasteiger partial charge in [0.15, 0.2) is 11.5 Å². The number of halogens is 2. The topological polar surface area (TPSA) is 85.8 Å². The summed E-state index contributed by atoms with van der Waals surface area (Å²) in [5, 5.41) is 3.97. The standard InChI is InChI=1S/C27H30ClFN4O4/c1-33(23-8-10-36-27(23)34)9-11-35-25-14-22-19(13-24(25)37-15-17-4-2-3-5-17)26(31-16-30-22)32-18-6-7-21(29)20(28)12-18/h6-7,12-14,16-17,23H,2-5,8-11,15H2,1H3,(H,30,31,32). The molecule has 10 heteroatoms. The van der Waals surface area contributed by atoms with Crippen molar-refractivity contribution in [3.05, 3.63) is 47.5 Å². The largest absolute Gasteiger partial charge is 0.489 e. The Morgan fingerprint density at radius 1 is 1.14 bits per heavy atom. The van der Waals surface area contributed by atoms with Gasteiger partial charge in [0.1, 0.15) is 30.6 Å². The minimum atomic E-state index is -0.486. The number of carbonyl (C=O) groups is 1. The monoisotopic (exact) mass is 528 g/mol. The predicted octanol–water partition coefficient (Wildman–Crippen LogP) is 5.36. The second-order valence-electron chi connectivity index (χ2n) is 9.55. The average molecular weight is 529 g/mol. The van der Waals surface area contributed by atoms with Crippen molar-refractivity contribution in [3.63, 3.8) is 0 Å². The van der Waals surface area contributed by atoms with Gasteiger partial charge in [0.25, 0.3) is 0 Å². The number of aromatic nitrogens is 2. The molecule has 2 aromatic carbocycles. The van der Waals surface area contributed by atoms with Crippen LogP contribution in [0.25, 0.3) is 10.9 Å². The molecule has 5 rings (SSSR count). The third-order valence-electron chi connectivity index (χ3n) is 6.97. The maximum absolute atomic E-state index is 13.6. The van der Waals surface area contributed by atoms with Crippen LogP contribution >= 0.6 is 11.6 Å².